The van der Waals surface area contributed by atoms with Gasteiger partial charge >= 0.3 is 18.5 Å². The molecule has 1 saturated heterocycles. The van der Waals surface area contributed by atoms with Gasteiger partial charge in [-0.2, -0.15) is 48.3 Å². The molecule has 142 valence electrons. The lowest BCUT2D eigenvalue weighted by Crippen LogP contribution is -2.61. The van der Waals surface area contributed by atoms with Crippen molar-refractivity contribution in [3.63, 3.8) is 0 Å². The van der Waals surface area contributed by atoms with E-state index < -0.39 is 72.7 Å². The highest BCUT2D eigenvalue weighted by atomic mass is 19.4. The minimum absolute atomic E-state index is 0.897. The summed E-state index contributed by atoms with van der Waals surface area (Å²) in [7, 11) is 0. The Morgan fingerprint density at radius 2 is 1.12 bits per heavy atom. The predicted molar refractivity (Wildman–Crippen MR) is 55.5 cm³/mol. The number of halogens is 12. The third-order valence-corrected chi connectivity index (χ3v) is 3.53. The van der Waals surface area contributed by atoms with Crippen LogP contribution in [0.4, 0.5) is 52.7 Å². The van der Waals surface area contributed by atoms with Crippen LogP contribution in [0.25, 0.3) is 0 Å². The van der Waals surface area contributed by atoms with E-state index in [1.807, 2.05) is 0 Å². The van der Waals surface area contributed by atoms with Crippen molar-refractivity contribution in [2.75, 3.05) is 13.1 Å². The van der Waals surface area contributed by atoms with Crippen LogP contribution in [-0.2, 0) is 0 Å². The van der Waals surface area contributed by atoms with E-state index >= 15 is 0 Å². The highest BCUT2D eigenvalue weighted by Gasteiger charge is 2.63. The van der Waals surface area contributed by atoms with Crippen molar-refractivity contribution in [3.05, 3.63) is 12.2 Å². The first-order valence-electron chi connectivity index (χ1n) is 6.16. The fourth-order valence-electron chi connectivity index (χ4n) is 2.34. The van der Waals surface area contributed by atoms with Crippen LogP contribution in [0, 0.1) is 11.8 Å². The molecule has 0 aromatic rings. The van der Waals surface area contributed by atoms with Crippen molar-refractivity contribution < 1.29 is 52.7 Å². The molecule has 0 N–H and O–H groups in total. The van der Waals surface area contributed by atoms with Crippen LogP contribution in [0.15, 0.2) is 12.2 Å². The van der Waals surface area contributed by atoms with Crippen LogP contribution >= 0.6 is 0 Å². The molecule has 1 nitrogen and oxygen atoms in total. The Bertz CT molecular complexity index is 449. The van der Waals surface area contributed by atoms with Gasteiger partial charge in [-0.05, 0) is 6.42 Å². The Kier molecular flexibility index (Phi) is 5.49. The normalized spacial score (nSPS) is 26.8. The average Bonchev–Trinajstić information content (AvgIpc) is 2.33. The topological polar surface area (TPSA) is 3.24 Å². The summed E-state index contributed by atoms with van der Waals surface area (Å²) in [6.45, 7) is -3.67. The van der Waals surface area contributed by atoms with Crippen molar-refractivity contribution in [2.45, 2.75) is 30.7 Å². The SMILES string of the molecule is FC(F)=CC(F)(N1CC(C(F)(F)F)CC(C(F)(F)F)C1)C(F)(F)F. The first kappa shape index (κ1) is 20.9. The van der Waals surface area contributed by atoms with E-state index in [4.69, 9.17) is 0 Å². The zero-order valence-corrected chi connectivity index (χ0v) is 11.3. The molecule has 24 heavy (non-hydrogen) atoms. The van der Waals surface area contributed by atoms with Crippen LogP contribution in [0.3, 0.4) is 0 Å². The molecule has 13 heteroatoms. The summed E-state index contributed by atoms with van der Waals surface area (Å²) < 4.78 is 153. The van der Waals surface area contributed by atoms with E-state index in [2.05, 4.69) is 0 Å². The molecule has 1 rings (SSSR count). The van der Waals surface area contributed by atoms with E-state index in [0.29, 0.717) is 0 Å². The first-order valence-corrected chi connectivity index (χ1v) is 6.16. The van der Waals surface area contributed by atoms with Crippen LogP contribution < -0.4 is 0 Å². The maximum absolute atomic E-state index is 14.1. The molecule has 3 unspecified atom stereocenters. The fourth-order valence-corrected chi connectivity index (χ4v) is 2.34. The molecule has 0 saturated carbocycles. The third kappa shape index (κ3) is 4.48. The molecule has 0 aliphatic carbocycles. The summed E-state index contributed by atoms with van der Waals surface area (Å²) in [5.74, 6) is -11.1. The van der Waals surface area contributed by atoms with E-state index in [9.17, 15) is 52.7 Å². The van der Waals surface area contributed by atoms with Crippen molar-refractivity contribution in [2.24, 2.45) is 11.8 Å². The van der Waals surface area contributed by atoms with E-state index in [1.165, 1.54) is 0 Å². The third-order valence-electron chi connectivity index (χ3n) is 3.53. The van der Waals surface area contributed by atoms with Crippen LogP contribution in [0.5, 0.6) is 0 Å². The first-order chi connectivity index (χ1) is 10.5. The molecule has 0 spiro atoms. The number of likely N-dealkylation sites (tertiary alicyclic amines) is 1. The molecule has 3 atom stereocenters. The van der Waals surface area contributed by atoms with Gasteiger partial charge in [0.1, 0.15) is 0 Å². The number of hydrogen-bond acceptors (Lipinski definition) is 1. The quantitative estimate of drug-likeness (QED) is 0.476. The Hall–Kier alpha value is -1.14. The van der Waals surface area contributed by atoms with Gasteiger partial charge < -0.3 is 0 Å². The lowest BCUT2D eigenvalue weighted by molar-refractivity contribution is -0.294. The van der Waals surface area contributed by atoms with Gasteiger partial charge in [-0.15, -0.1) is 0 Å². The molecule has 1 heterocycles. The molecule has 0 radical (unpaired) electrons. The Balaban J connectivity index is 3.34. The van der Waals surface area contributed by atoms with Gasteiger partial charge in [0.05, 0.1) is 11.8 Å². The van der Waals surface area contributed by atoms with Crippen molar-refractivity contribution in [1.82, 2.24) is 4.90 Å². The highest BCUT2D eigenvalue weighted by Crippen LogP contribution is 2.47. The molecule has 0 bridgehead atoms. The average molecular weight is 383 g/mol. The number of nitrogens with zero attached hydrogens (tertiary/aromatic N) is 1. The van der Waals surface area contributed by atoms with Gasteiger partial charge in [0.15, 0.2) is 0 Å². The summed E-state index contributed by atoms with van der Waals surface area (Å²) in [6, 6.07) is 0. The molecule has 0 aromatic heterocycles. The van der Waals surface area contributed by atoms with Gasteiger partial charge in [-0.1, -0.05) is 0 Å². The molecule has 1 aliphatic rings. The standard InChI is InChI=1S/C11H9F12N/c12-7(13)2-8(14,11(21,22)23)24-3-5(9(15,16)17)1-6(4-24)10(18,19)20/h2,5-6H,1,3-4H2. The van der Waals surface area contributed by atoms with Gasteiger partial charge in [-0.3, -0.25) is 4.90 Å². The largest absolute Gasteiger partial charge is 0.440 e. The summed E-state index contributed by atoms with van der Waals surface area (Å²) >= 11 is 0. The summed E-state index contributed by atoms with van der Waals surface area (Å²) in [4.78, 5) is -0.897. The maximum atomic E-state index is 14.1. The Morgan fingerprint density at radius 1 is 0.750 bits per heavy atom. The summed E-state index contributed by atoms with van der Waals surface area (Å²) in [5.41, 5.74) is 0. The van der Waals surface area contributed by atoms with E-state index in [-0.39, 0.29) is 0 Å². The molecule has 1 aliphatic heterocycles. The number of piperidine rings is 1. The van der Waals surface area contributed by atoms with Crippen molar-refractivity contribution in [3.8, 4) is 0 Å². The lowest BCUT2D eigenvalue weighted by atomic mass is 9.87. The molecular formula is C11H9F12N. The van der Waals surface area contributed by atoms with Crippen LogP contribution in [-0.4, -0.2) is 42.3 Å². The summed E-state index contributed by atoms with van der Waals surface area (Å²) in [5, 5.41) is 0. The predicted octanol–water partition coefficient (Wildman–Crippen LogP) is 5.06. The maximum Gasteiger partial charge on any atom is 0.440 e. The van der Waals surface area contributed by atoms with E-state index in [0.717, 1.165) is 0 Å². The van der Waals surface area contributed by atoms with Gasteiger partial charge in [0.25, 0.3) is 11.9 Å². The zero-order valence-electron chi connectivity index (χ0n) is 11.3. The zero-order chi connectivity index (χ0) is 19.1. The minimum atomic E-state index is -6.17. The van der Waals surface area contributed by atoms with Crippen LogP contribution in [0.1, 0.15) is 6.42 Å². The fraction of sp³-hybridized carbons (Fsp3) is 0.818. The monoisotopic (exact) mass is 383 g/mol. The highest BCUT2D eigenvalue weighted by molar-refractivity contribution is 5.08. The van der Waals surface area contributed by atoms with Crippen molar-refractivity contribution >= 4 is 0 Å². The Labute approximate surface area is 126 Å². The molecule has 0 amide bonds. The van der Waals surface area contributed by atoms with Gasteiger partial charge in [0.2, 0.25) is 0 Å². The Morgan fingerprint density at radius 3 is 1.38 bits per heavy atom. The van der Waals surface area contributed by atoms with Gasteiger partial charge in [0, 0.05) is 19.2 Å². The van der Waals surface area contributed by atoms with Crippen LogP contribution in [0.2, 0.25) is 0 Å². The van der Waals surface area contributed by atoms with E-state index in [1.54, 1.807) is 0 Å². The smallest absolute Gasteiger partial charge is 0.259 e. The second-order valence-electron chi connectivity index (χ2n) is 5.22. The minimum Gasteiger partial charge on any atom is -0.259 e. The number of alkyl halides is 10. The van der Waals surface area contributed by atoms with Gasteiger partial charge in [-0.25, -0.2) is 4.39 Å². The summed E-state index contributed by atoms with van der Waals surface area (Å²) in [6.07, 6.45) is -23.1. The lowest BCUT2D eigenvalue weighted by Gasteiger charge is -2.44. The molecular weight excluding hydrogens is 374 g/mol. The second kappa shape index (κ2) is 6.30. The molecule has 0 aromatic carbocycles. The van der Waals surface area contributed by atoms with Crippen molar-refractivity contribution in [1.29, 1.82) is 0 Å². The second-order valence-corrected chi connectivity index (χ2v) is 5.22. The number of rotatable bonds is 2. The molecule has 1 fully saturated rings. The number of hydrogen-bond donors (Lipinski definition) is 0.